The van der Waals surface area contributed by atoms with Crippen molar-refractivity contribution in [2.75, 3.05) is 6.61 Å². The van der Waals surface area contributed by atoms with Gasteiger partial charge in [0.15, 0.2) is 0 Å². The van der Waals surface area contributed by atoms with Gasteiger partial charge in [-0.1, -0.05) is 12.1 Å². The number of carboxylic acids is 1. The van der Waals surface area contributed by atoms with E-state index in [0.717, 1.165) is 6.42 Å². The third-order valence-corrected chi connectivity index (χ3v) is 6.83. The van der Waals surface area contributed by atoms with E-state index < -0.39 is 33.9 Å². The lowest BCUT2D eigenvalue weighted by molar-refractivity contribution is -0.142. The van der Waals surface area contributed by atoms with Gasteiger partial charge in [0.25, 0.3) is 0 Å². The fourth-order valence-corrected chi connectivity index (χ4v) is 5.95. The number of hydrogen-bond donors (Lipinski definition) is 1. The van der Waals surface area contributed by atoms with Crippen LogP contribution in [0.15, 0.2) is 24.3 Å². The number of fused-ring (bicyclic) bond motifs is 2. The van der Waals surface area contributed by atoms with Crippen molar-refractivity contribution in [1.82, 2.24) is 4.31 Å². The number of benzene rings is 1. The molecule has 2 aliphatic heterocycles. The smallest absolute Gasteiger partial charge is 0.338 e. The van der Waals surface area contributed by atoms with Crippen molar-refractivity contribution in [3.05, 3.63) is 35.4 Å². The highest BCUT2D eigenvalue weighted by atomic mass is 32.2. The standard InChI is InChI=1S/C17H21NO6S/c1-2-24-17(21)12-5-3-11(4-6-12)10-25(22,23)18-13-7-8-15(18)14(9-13)16(19)20/h3-6,13-15H,2,7-10H2,1H3,(H,19,20). The van der Waals surface area contributed by atoms with Gasteiger partial charge in [0.05, 0.1) is 23.8 Å². The van der Waals surface area contributed by atoms with Crippen LogP contribution in [0.5, 0.6) is 0 Å². The van der Waals surface area contributed by atoms with E-state index in [1.807, 2.05) is 0 Å². The van der Waals surface area contributed by atoms with Crippen LogP contribution in [0.2, 0.25) is 0 Å². The van der Waals surface area contributed by atoms with Gasteiger partial charge in [0.1, 0.15) is 0 Å². The molecule has 2 saturated heterocycles. The van der Waals surface area contributed by atoms with E-state index in [2.05, 4.69) is 0 Å². The van der Waals surface area contributed by atoms with Crippen molar-refractivity contribution in [2.24, 2.45) is 5.92 Å². The summed E-state index contributed by atoms with van der Waals surface area (Å²) >= 11 is 0. The molecule has 25 heavy (non-hydrogen) atoms. The summed E-state index contributed by atoms with van der Waals surface area (Å²) in [5.41, 5.74) is 0.932. The molecule has 1 aromatic carbocycles. The third-order valence-electron chi connectivity index (χ3n) is 4.93. The Labute approximate surface area is 146 Å². The first-order valence-corrected chi connectivity index (χ1v) is 9.94. The zero-order valence-electron chi connectivity index (χ0n) is 13.9. The SMILES string of the molecule is CCOC(=O)c1ccc(CS(=O)(=O)N2C3CCC2C(C(=O)O)C3)cc1. The predicted molar refractivity (Wildman–Crippen MR) is 89.4 cm³/mol. The van der Waals surface area contributed by atoms with Crippen molar-refractivity contribution in [2.45, 2.75) is 44.0 Å². The summed E-state index contributed by atoms with van der Waals surface area (Å²) in [5, 5.41) is 9.27. The van der Waals surface area contributed by atoms with Gasteiger partial charge >= 0.3 is 11.9 Å². The Bertz CT molecular complexity index is 773. The number of ether oxygens (including phenoxy) is 1. The second-order valence-electron chi connectivity index (χ2n) is 6.48. The molecule has 2 aliphatic rings. The van der Waals surface area contributed by atoms with Gasteiger partial charge < -0.3 is 9.84 Å². The molecule has 2 heterocycles. The number of nitrogens with zero attached hydrogens (tertiary/aromatic N) is 1. The van der Waals surface area contributed by atoms with Crippen molar-refractivity contribution in [1.29, 1.82) is 0 Å². The van der Waals surface area contributed by atoms with E-state index in [-0.39, 0.29) is 18.4 Å². The van der Waals surface area contributed by atoms with E-state index in [1.165, 1.54) is 4.31 Å². The largest absolute Gasteiger partial charge is 0.481 e. The predicted octanol–water partition coefficient (Wildman–Crippen LogP) is 1.63. The minimum Gasteiger partial charge on any atom is -0.481 e. The number of hydrogen-bond acceptors (Lipinski definition) is 5. The molecule has 0 amide bonds. The van der Waals surface area contributed by atoms with E-state index in [4.69, 9.17) is 4.74 Å². The number of carbonyl (C=O) groups is 2. The van der Waals surface area contributed by atoms with Gasteiger partial charge in [0, 0.05) is 12.1 Å². The minimum atomic E-state index is -3.60. The molecule has 0 aromatic heterocycles. The Balaban J connectivity index is 1.74. The van der Waals surface area contributed by atoms with Crippen molar-refractivity contribution in [3.63, 3.8) is 0 Å². The molecule has 136 valence electrons. The maximum Gasteiger partial charge on any atom is 0.338 e. The summed E-state index contributed by atoms with van der Waals surface area (Å²) in [5.74, 6) is -2.18. The van der Waals surface area contributed by atoms with E-state index >= 15 is 0 Å². The number of rotatable bonds is 6. The highest BCUT2D eigenvalue weighted by Crippen LogP contribution is 2.44. The first-order chi connectivity index (χ1) is 11.8. The Morgan fingerprint density at radius 2 is 1.92 bits per heavy atom. The Morgan fingerprint density at radius 3 is 2.48 bits per heavy atom. The highest BCUT2D eigenvalue weighted by molar-refractivity contribution is 7.88. The molecule has 8 heteroatoms. The molecule has 2 fully saturated rings. The maximum absolute atomic E-state index is 12.8. The zero-order valence-corrected chi connectivity index (χ0v) is 14.7. The van der Waals surface area contributed by atoms with Gasteiger partial charge in [-0.3, -0.25) is 4.79 Å². The number of carboxylic acid groups (broad SMARTS) is 1. The lowest BCUT2D eigenvalue weighted by atomic mass is 9.89. The summed E-state index contributed by atoms with van der Waals surface area (Å²) in [6.07, 6.45) is 1.71. The quantitative estimate of drug-likeness (QED) is 0.767. The molecule has 3 unspecified atom stereocenters. The number of carbonyl (C=O) groups excluding carboxylic acids is 1. The maximum atomic E-state index is 12.8. The van der Waals surface area contributed by atoms with Crippen LogP contribution < -0.4 is 0 Å². The summed E-state index contributed by atoms with van der Waals surface area (Å²) in [6, 6.07) is 5.62. The van der Waals surface area contributed by atoms with E-state index in [9.17, 15) is 23.1 Å². The molecular formula is C17H21NO6S. The Kier molecular flexibility index (Phi) is 4.83. The monoisotopic (exact) mass is 367 g/mol. The molecule has 1 N–H and O–H groups in total. The van der Waals surface area contributed by atoms with Crippen LogP contribution in [0.3, 0.4) is 0 Å². The molecule has 2 bridgehead atoms. The van der Waals surface area contributed by atoms with Crippen LogP contribution in [-0.2, 0) is 25.3 Å². The molecular weight excluding hydrogens is 346 g/mol. The number of esters is 1. The third kappa shape index (κ3) is 3.41. The van der Waals surface area contributed by atoms with Gasteiger partial charge in [-0.05, 0) is 43.9 Å². The zero-order chi connectivity index (χ0) is 18.2. The normalized spacial score (nSPS) is 25.9. The first-order valence-electron chi connectivity index (χ1n) is 8.33. The van der Waals surface area contributed by atoms with Crippen LogP contribution in [0.25, 0.3) is 0 Å². The summed E-state index contributed by atoms with van der Waals surface area (Å²) in [4.78, 5) is 23.0. The van der Waals surface area contributed by atoms with E-state index in [0.29, 0.717) is 24.0 Å². The van der Waals surface area contributed by atoms with Crippen LogP contribution in [0.4, 0.5) is 0 Å². The molecule has 3 atom stereocenters. The lowest BCUT2D eigenvalue weighted by Gasteiger charge is -2.22. The molecule has 3 rings (SSSR count). The van der Waals surface area contributed by atoms with Gasteiger partial charge in [-0.2, -0.15) is 4.31 Å². The van der Waals surface area contributed by atoms with Crippen LogP contribution >= 0.6 is 0 Å². The molecule has 7 nitrogen and oxygen atoms in total. The molecule has 0 saturated carbocycles. The average molecular weight is 367 g/mol. The fourth-order valence-electron chi connectivity index (χ4n) is 3.87. The highest BCUT2D eigenvalue weighted by Gasteiger charge is 2.53. The molecule has 1 aromatic rings. The minimum absolute atomic E-state index is 0.199. The molecule has 0 radical (unpaired) electrons. The lowest BCUT2D eigenvalue weighted by Crippen LogP contribution is -2.38. The van der Waals surface area contributed by atoms with Crippen LogP contribution in [0, 0.1) is 5.92 Å². The number of aliphatic carboxylic acids is 1. The summed E-state index contributed by atoms with van der Waals surface area (Å²) < 4.78 is 31.9. The first kappa shape index (κ1) is 17.9. The molecule has 0 spiro atoms. The van der Waals surface area contributed by atoms with Crippen LogP contribution in [-0.4, -0.2) is 48.5 Å². The summed E-state index contributed by atoms with van der Waals surface area (Å²) in [7, 11) is -3.60. The van der Waals surface area contributed by atoms with Gasteiger partial charge in [0.2, 0.25) is 10.0 Å². The Hall–Kier alpha value is -1.93. The fraction of sp³-hybridized carbons (Fsp3) is 0.529. The van der Waals surface area contributed by atoms with Crippen molar-refractivity contribution in [3.8, 4) is 0 Å². The topological polar surface area (TPSA) is 101 Å². The summed E-state index contributed by atoms with van der Waals surface area (Å²) in [6.45, 7) is 1.99. The van der Waals surface area contributed by atoms with Gasteiger partial charge in [-0.25, -0.2) is 13.2 Å². The van der Waals surface area contributed by atoms with E-state index in [1.54, 1.807) is 31.2 Å². The van der Waals surface area contributed by atoms with Gasteiger partial charge in [-0.15, -0.1) is 0 Å². The van der Waals surface area contributed by atoms with Crippen LogP contribution in [0.1, 0.15) is 42.1 Å². The van der Waals surface area contributed by atoms with Crippen molar-refractivity contribution < 1.29 is 27.9 Å². The Morgan fingerprint density at radius 1 is 1.24 bits per heavy atom. The molecule has 0 aliphatic carbocycles. The van der Waals surface area contributed by atoms with Crippen molar-refractivity contribution >= 4 is 22.0 Å². The number of sulfonamides is 1. The second kappa shape index (κ2) is 6.76. The second-order valence-corrected chi connectivity index (χ2v) is 8.36. The average Bonchev–Trinajstić information content (AvgIpc) is 3.14.